The lowest BCUT2D eigenvalue weighted by Gasteiger charge is -2.26. The van der Waals surface area contributed by atoms with Gasteiger partial charge in [-0.1, -0.05) is 18.2 Å². The van der Waals surface area contributed by atoms with Crippen molar-refractivity contribution in [3.63, 3.8) is 0 Å². The van der Waals surface area contributed by atoms with E-state index in [2.05, 4.69) is 4.98 Å². The Hall–Kier alpha value is -2.83. The minimum Gasteiger partial charge on any atom is -0.486 e. The normalized spacial score (nSPS) is 20.2. The zero-order valence-corrected chi connectivity index (χ0v) is 15.0. The molecule has 1 saturated heterocycles. The van der Waals surface area contributed by atoms with Crippen molar-refractivity contribution in [2.45, 2.75) is 44.9 Å². The summed E-state index contributed by atoms with van der Waals surface area (Å²) in [5, 5.41) is 10.4. The van der Waals surface area contributed by atoms with E-state index in [-0.39, 0.29) is 13.0 Å². The first-order chi connectivity index (χ1) is 12.2. The van der Waals surface area contributed by atoms with Crippen LogP contribution < -0.4 is 4.74 Å². The molecule has 1 aliphatic rings. The zero-order valence-electron chi connectivity index (χ0n) is 15.0. The minimum atomic E-state index is -1.07. The predicted octanol–water partition coefficient (Wildman–Crippen LogP) is 3.08. The Bertz CT molecular complexity index is 825. The fraction of sp³-hybridized carbons (Fsp3) is 0.421. The van der Waals surface area contributed by atoms with Gasteiger partial charge < -0.3 is 14.6 Å². The number of para-hydroxylation sites is 1. The number of hydrogen-bond donors (Lipinski definition) is 1. The first kappa shape index (κ1) is 18.0. The SMILES string of the molecule is CC(C)(C)OC(=O)N1C[C@H](Oc2cccc3cccnc23)C[C@H]1C(=O)O. The summed E-state index contributed by atoms with van der Waals surface area (Å²) in [7, 11) is 0. The molecule has 1 aromatic heterocycles. The van der Waals surface area contributed by atoms with Gasteiger partial charge in [0.05, 0.1) is 6.54 Å². The van der Waals surface area contributed by atoms with Gasteiger partial charge in [-0.2, -0.15) is 0 Å². The Labute approximate surface area is 151 Å². The summed E-state index contributed by atoms with van der Waals surface area (Å²) in [6.07, 6.45) is 0.776. The second-order valence-corrected chi connectivity index (χ2v) is 7.29. The summed E-state index contributed by atoms with van der Waals surface area (Å²) >= 11 is 0. The van der Waals surface area contributed by atoms with Crippen molar-refractivity contribution in [1.29, 1.82) is 0 Å². The monoisotopic (exact) mass is 358 g/mol. The van der Waals surface area contributed by atoms with E-state index in [1.54, 1.807) is 33.0 Å². The van der Waals surface area contributed by atoms with E-state index in [9.17, 15) is 14.7 Å². The molecule has 2 atom stereocenters. The number of amides is 1. The number of pyridine rings is 1. The largest absolute Gasteiger partial charge is 0.486 e. The quantitative estimate of drug-likeness (QED) is 0.907. The van der Waals surface area contributed by atoms with Crippen molar-refractivity contribution < 1.29 is 24.2 Å². The maximum atomic E-state index is 12.4. The average Bonchev–Trinajstić information content (AvgIpc) is 2.98. The zero-order chi connectivity index (χ0) is 18.9. The molecule has 2 heterocycles. The van der Waals surface area contributed by atoms with E-state index in [0.29, 0.717) is 11.3 Å². The number of hydrogen-bond acceptors (Lipinski definition) is 5. The van der Waals surface area contributed by atoms with Crippen LogP contribution in [0.2, 0.25) is 0 Å². The molecule has 138 valence electrons. The molecule has 2 aromatic rings. The summed E-state index contributed by atoms with van der Waals surface area (Å²) in [6.45, 7) is 5.38. The van der Waals surface area contributed by atoms with Crippen LogP contribution in [0.3, 0.4) is 0 Å². The van der Waals surface area contributed by atoms with Gasteiger partial charge in [-0.05, 0) is 32.9 Å². The molecule has 0 spiro atoms. The summed E-state index contributed by atoms with van der Waals surface area (Å²) in [6, 6.07) is 8.37. The molecule has 0 bridgehead atoms. The number of carbonyl (C=O) groups excluding carboxylic acids is 1. The Morgan fingerprint density at radius 2 is 1.96 bits per heavy atom. The second-order valence-electron chi connectivity index (χ2n) is 7.29. The summed E-state index contributed by atoms with van der Waals surface area (Å²) in [5.74, 6) is -0.499. The van der Waals surface area contributed by atoms with Gasteiger partial charge in [-0.3, -0.25) is 9.88 Å². The number of aromatic nitrogens is 1. The van der Waals surface area contributed by atoms with Crippen LogP contribution in [0.1, 0.15) is 27.2 Å². The van der Waals surface area contributed by atoms with Gasteiger partial charge in [0.15, 0.2) is 0 Å². The van der Waals surface area contributed by atoms with Crippen LogP contribution in [0.5, 0.6) is 5.75 Å². The highest BCUT2D eigenvalue weighted by molar-refractivity contribution is 5.84. The number of rotatable bonds is 3. The van der Waals surface area contributed by atoms with E-state index in [1.165, 1.54) is 4.90 Å². The topological polar surface area (TPSA) is 89.0 Å². The van der Waals surface area contributed by atoms with Gasteiger partial charge >= 0.3 is 12.1 Å². The van der Waals surface area contributed by atoms with Crippen molar-refractivity contribution in [1.82, 2.24) is 9.88 Å². The number of benzene rings is 1. The third-order valence-electron chi connectivity index (χ3n) is 4.07. The molecule has 0 unspecified atom stereocenters. The number of nitrogens with zero attached hydrogens (tertiary/aromatic N) is 2. The van der Waals surface area contributed by atoms with Gasteiger partial charge in [0.1, 0.15) is 29.0 Å². The summed E-state index contributed by atoms with van der Waals surface area (Å²) in [5.41, 5.74) is 0.0103. The van der Waals surface area contributed by atoms with E-state index >= 15 is 0 Å². The second kappa shape index (κ2) is 6.82. The maximum absolute atomic E-state index is 12.4. The lowest BCUT2D eigenvalue weighted by Crippen LogP contribution is -2.43. The molecule has 7 nitrogen and oxygen atoms in total. The molecule has 3 rings (SSSR count). The third kappa shape index (κ3) is 3.87. The van der Waals surface area contributed by atoms with Crippen LogP contribution in [-0.2, 0) is 9.53 Å². The fourth-order valence-corrected chi connectivity index (χ4v) is 2.99. The van der Waals surface area contributed by atoms with Gasteiger partial charge in [-0.25, -0.2) is 9.59 Å². The average molecular weight is 358 g/mol. The highest BCUT2D eigenvalue weighted by atomic mass is 16.6. The van der Waals surface area contributed by atoms with Crippen LogP contribution in [0.15, 0.2) is 36.5 Å². The van der Waals surface area contributed by atoms with E-state index < -0.39 is 29.8 Å². The number of carboxylic acids is 1. The molecule has 7 heteroatoms. The van der Waals surface area contributed by atoms with Crippen molar-refractivity contribution >= 4 is 23.0 Å². The highest BCUT2D eigenvalue weighted by Gasteiger charge is 2.42. The summed E-state index contributed by atoms with van der Waals surface area (Å²) < 4.78 is 11.3. The lowest BCUT2D eigenvalue weighted by atomic mass is 10.2. The number of aliphatic carboxylic acids is 1. The van der Waals surface area contributed by atoms with Crippen LogP contribution in [0.25, 0.3) is 10.9 Å². The predicted molar refractivity (Wildman–Crippen MR) is 95.1 cm³/mol. The Balaban J connectivity index is 1.79. The molecule has 1 aromatic carbocycles. The molecule has 1 fully saturated rings. The van der Waals surface area contributed by atoms with Crippen molar-refractivity contribution in [2.24, 2.45) is 0 Å². The number of carboxylic acid groups (broad SMARTS) is 1. The van der Waals surface area contributed by atoms with Gasteiger partial charge in [0, 0.05) is 18.0 Å². The van der Waals surface area contributed by atoms with E-state index in [4.69, 9.17) is 9.47 Å². The molecule has 1 aliphatic heterocycles. The fourth-order valence-electron chi connectivity index (χ4n) is 2.99. The van der Waals surface area contributed by atoms with Crippen LogP contribution in [-0.4, -0.2) is 51.3 Å². The number of carbonyl (C=O) groups is 2. The maximum Gasteiger partial charge on any atom is 0.411 e. The third-order valence-corrected chi connectivity index (χ3v) is 4.07. The minimum absolute atomic E-state index is 0.148. The van der Waals surface area contributed by atoms with Crippen molar-refractivity contribution in [3.05, 3.63) is 36.5 Å². The molecule has 0 saturated carbocycles. The van der Waals surface area contributed by atoms with Gasteiger partial charge in [-0.15, -0.1) is 0 Å². The standard InChI is InChI=1S/C19H22N2O5/c1-19(2,3)26-18(24)21-11-13(10-14(21)17(22)23)25-15-8-4-6-12-7-5-9-20-16(12)15/h4-9,13-14H,10-11H2,1-3H3,(H,22,23)/t13-,14+/m1/s1. The van der Waals surface area contributed by atoms with Crippen molar-refractivity contribution in [2.75, 3.05) is 6.54 Å². The van der Waals surface area contributed by atoms with Crippen LogP contribution >= 0.6 is 0 Å². The van der Waals surface area contributed by atoms with E-state index in [1.807, 2.05) is 24.3 Å². The number of ether oxygens (including phenoxy) is 2. The Kier molecular flexibility index (Phi) is 4.71. The number of likely N-dealkylation sites (tertiary alicyclic amines) is 1. The first-order valence-corrected chi connectivity index (χ1v) is 8.47. The van der Waals surface area contributed by atoms with Gasteiger partial charge in [0.2, 0.25) is 0 Å². The number of fused-ring (bicyclic) bond motifs is 1. The first-order valence-electron chi connectivity index (χ1n) is 8.47. The molecule has 1 amide bonds. The Morgan fingerprint density at radius 3 is 2.65 bits per heavy atom. The van der Waals surface area contributed by atoms with E-state index in [0.717, 1.165) is 5.39 Å². The molecular formula is C19H22N2O5. The van der Waals surface area contributed by atoms with Crippen molar-refractivity contribution in [3.8, 4) is 5.75 Å². The lowest BCUT2D eigenvalue weighted by molar-refractivity contribution is -0.142. The van der Waals surface area contributed by atoms with Gasteiger partial charge in [0.25, 0.3) is 0 Å². The Morgan fingerprint density at radius 1 is 1.23 bits per heavy atom. The van der Waals surface area contributed by atoms with Crippen LogP contribution in [0, 0.1) is 0 Å². The molecule has 26 heavy (non-hydrogen) atoms. The van der Waals surface area contributed by atoms with Crippen LogP contribution in [0.4, 0.5) is 4.79 Å². The summed E-state index contributed by atoms with van der Waals surface area (Å²) in [4.78, 5) is 29.5. The smallest absolute Gasteiger partial charge is 0.411 e. The highest BCUT2D eigenvalue weighted by Crippen LogP contribution is 2.29. The molecular weight excluding hydrogens is 336 g/mol. The molecule has 0 radical (unpaired) electrons. The molecule has 0 aliphatic carbocycles. The molecule has 1 N–H and O–H groups in total.